The van der Waals surface area contributed by atoms with Crippen molar-refractivity contribution in [1.82, 2.24) is 5.32 Å². The fourth-order valence-corrected chi connectivity index (χ4v) is 2.30. The van der Waals surface area contributed by atoms with E-state index in [4.69, 9.17) is 0 Å². The van der Waals surface area contributed by atoms with Crippen LogP contribution < -0.4 is 5.32 Å². The molecule has 0 aliphatic heterocycles. The molecule has 0 bridgehead atoms. The molecule has 0 fully saturated rings. The summed E-state index contributed by atoms with van der Waals surface area (Å²) < 4.78 is 0. The van der Waals surface area contributed by atoms with Crippen molar-refractivity contribution < 1.29 is 0 Å². The van der Waals surface area contributed by atoms with Gasteiger partial charge in [0.15, 0.2) is 0 Å². The van der Waals surface area contributed by atoms with Crippen LogP contribution in [0, 0.1) is 0 Å². The Hall–Kier alpha value is 0.310. The van der Waals surface area contributed by atoms with Crippen LogP contribution >= 0.6 is 11.8 Å². The molecule has 0 rings (SSSR count). The summed E-state index contributed by atoms with van der Waals surface area (Å²) in [7, 11) is 0. The van der Waals surface area contributed by atoms with E-state index in [0.29, 0.717) is 12.1 Å². The molecule has 0 saturated heterocycles. The first-order valence-corrected chi connectivity index (χ1v) is 6.69. The molecule has 1 N–H and O–H groups in total. The van der Waals surface area contributed by atoms with Crippen molar-refractivity contribution in [2.75, 3.05) is 11.5 Å². The van der Waals surface area contributed by atoms with E-state index in [0.717, 1.165) is 0 Å². The monoisotopic (exact) mass is 203 g/mol. The minimum atomic E-state index is 0.681. The van der Waals surface area contributed by atoms with E-state index >= 15 is 0 Å². The predicted octanol–water partition coefficient (Wildman–Crippen LogP) is 3.30. The van der Waals surface area contributed by atoms with Crippen LogP contribution in [0.4, 0.5) is 0 Å². The molecule has 2 heteroatoms. The molecular weight excluding hydrogens is 178 g/mol. The second kappa shape index (κ2) is 8.89. The Morgan fingerprint density at radius 1 is 1.08 bits per heavy atom. The molecule has 0 aromatic heterocycles. The molecule has 0 spiro atoms. The third-order valence-electron chi connectivity index (χ3n) is 2.19. The van der Waals surface area contributed by atoms with Crippen LogP contribution in [0.3, 0.4) is 0 Å². The number of rotatable bonds is 8. The molecule has 0 amide bonds. The number of thioether (sulfide) groups is 1. The minimum absolute atomic E-state index is 0.681. The second-order valence-electron chi connectivity index (χ2n) is 3.74. The first-order chi connectivity index (χ1) is 6.20. The summed E-state index contributed by atoms with van der Waals surface area (Å²) in [6, 6.07) is 1.37. The predicted molar refractivity (Wildman–Crippen MR) is 64.6 cm³/mol. The molecule has 80 valence electrons. The van der Waals surface area contributed by atoms with Crippen molar-refractivity contribution in [3.8, 4) is 0 Å². The Labute approximate surface area is 88.1 Å². The molecule has 0 radical (unpaired) electrons. The van der Waals surface area contributed by atoms with E-state index < -0.39 is 0 Å². The average Bonchev–Trinajstić information content (AvgIpc) is 2.05. The van der Waals surface area contributed by atoms with Gasteiger partial charge in [0.2, 0.25) is 0 Å². The van der Waals surface area contributed by atoms with Crippen LogP contribution in [0.1, 0.15) is 47.0 Å². The third kappa shape index (κ3) is 8.63. The van der Waals surface area contributed by atoms with Crippen molar-refractivity contribution in [2.45, 2.75) is 59.0 Å². The summed E-state index contributed by atoms with van der Waals surface area (Å²) in [5, 5.41) is 3.63. The van der Waals surface area contributed by atoms with Crippen LogP contribution in [0.2, 0.25) is 0 Å². The quantitative estimate of drug-likeness (QED) is 0.608. The van der Waals surface area contributed by atoms with Gasteiger partial charge in [-0.2, -0.15) is 11.8 Å². The highest BCUT2D eigenvalue weighted by Gasteiger charge is 2.05. The Kier molecular flexibility index (Phi) is 9.10. The highest BCUT2D eigenvalue weighted by molar-refractivity contribution is 7.99. The van der Waals surface area contributed by atoms with Gasteiger partial charge in [0.25, 0.3) is 0 Å². The zero-order valence-electron chi connectivity index (χ0n) is 9.60. The van der Waals surface area contributed by atoms with Gasteiger partial charge in [-0.25, -0.2) is 0 Å². The summed E-state index contributed by atoms with van der Waals surface area (Å²) >= 11 is 2.04. The van der Waals surface area contributed by atoms with Crippen LogP contribution in [-0.4, -0.2) is 23.6 Å². The molecule has 0 aromatic rings. The first-order valence-electron chi connectivity index (χ1n) is 5.54. The smallest absolute Gasteiger partial charge is 0.00490 e. The topological polar surface area (TPSA) is 12.0 Å². The first kappa shape index (κ1) is 13.3. The summed E-state index contributed by atoms with van der Waals surface area (Å²) in [6.45, 7) is 9.05. The van der Waals surface area contributed by atoms with Crippen molar-refractivity contribution in [3.05, 3.63) is 0 Å². The van der Waals surface area contributed by atoms with Gasteiger partial charge in [-0.15, -0.1) is 0 Å². The van der Waals surface area contributed by atoms with Gasteiger partial charge in [0.05, 0.1) is 0 Å². The van der Waals surface area contributed by atoms with Gasteiger partial charge >= 0.3 is 0 Å². The summed E-state index contributed by atoms with van der Waals surface area (Å²) in [6.07, 6.45) is 3.88. The van der Waals surface area contributed by atoms with Gasteiger partial charge in [-0.1, -0.05) is 20.3 Å². The molecule has 0 aliphatic carbocycles. The maximum atomic E-state index is 3.63. The highest BCUT2D eigenvalue weighted by atomic mass is 32.2. The SMILES string of the molecule is CCCC(C)NC(C)CCSCC. The number of hydrogen-bond acceptors (Lipinski definition) is 2. The van der Waals surface area contributed by atoms with Crippen molar-refractivity contribution in [3.63, 3.8) is 0 Å². The average molecular weight is 203 g/mol. The zero-order chi connectivity index (χ0) is 10.1. The number of hydrogen-bond donors (Lipinski definition) is 1. The van der Waals surface area contributed by atoms with Crippen LogP contribution in [-0.2, 0) is 0 Å². The zero-order valence-corrected chi connectivity index (χ0v) is 10.4. The Bertz CT molecular complexity index is 106. The lowest BCUT2D eigenvalue weighted by atomic mass is 10.1. The van der Waals surface area contributed by atoms with E-state index in [2.05, 4.69) is 33.0 Å². The molecular formula is C11H25NS. The molecule has 2 unspecified atom stereocenters. The molecule has 0 heterocycles. The Balaban J connectivity index is 3.32. The van der Waals surface area contributed by atoms with Crippen molar-refractivity contribution in [1.29, 1.82) is 0 Å². The minimum Gasteiger partial charge on any atom is -0.312 e. The van der Waals surface area contributed by atoms with E-state index in [-0.39, 0.29) is 0 Å². The molecule has 0 saturated carbocycles. The van der Waals surface area contributed by atoms with Crippen LogP contribution in [0.15, 0.2) is 0 Å². The van der Waals surface area contributed by atoms with Gasteiger partial charge in [-0.05, 0) is 38.2 Å². The normalized spacial score (nSPS) is 15.7. The van der Waals surface area contributed by atoms with Gasteiger partial charge in [0.1, 0.15) is 0 Å². The maximum Gasteiger partial charge on any atom is 0.00490 e. The van der Waals surface area contributed by atoms with E-state index in [1.54, 1.807) is 0 Å². The molecule has 0 aromatic carbocycles. The van der Waals surface area contributed by atoms with Crippen molar-refractivity contribution in [2.24, 2.45) is 0 Å². The van der Waals surface area contributed by atoms with E-state index in [9.17, 15) is 0 Å². The standard InChI is InChI=1S/C11H25NS/c1-5-7-10(3)12-11(4)8-9-13-6-2/h10-12H,5-9H2,1-4H3. The summed E-state index contributed by atoms with van der Waals surface area (Å²) in [4.78, 5) is 0. The van der Waals surface area contributed by atoms with Gasteiger partial charge in [0, 0.05) is 12.1 Å². The maximum absolute atomic E-state index is 3.63. The molecule has 2 atom stereocenters. The number of nitrogens with one attached hydrogen (secondary N) is 1. The fraction of sp³-hybridized carbons (Fsp3) is 1.00. The van der Waals surface area contributed by atoms with Crippen LogP contribution in [0.5, 0.6) is 0 Å². The van der Waals surface area contributed by atoms with Gasteiger partial charge < -0.3 is 5.32 Å². The summed E-state index contributed by atoms with van der Waals surface area (Å²) in [5.41, 5.74) is 0. The molecule has 1 nitrogen and oxygen atoms in total. The summed E-state index contributed by atoms with van der Waals surface area (Å²) in [5.74, 6) is 2.54. The van der Waals surface area contributed by atoms with E-state index in [1.165, 1.54) is 30.8 Å². The third-order valence-corrected chi connectivity index (χ3v) is 3.12. The van der Waals surface area contributed by atoms with Crippen molar-refractivity contribution >= 4 is 11.8 Å². The molecule has 0 aliphatic rings. The fourth-order valence-electron chi connectivity index (χ4n) is 1.49. The lowest BCUT2D eigenvalue weighted by molar-refractivity contribution is 0.437. The van der Waals surface area contributed by atoms with Crippen LogP contribution in [0.25, 0.3) is 0 Å². The largest absolute Gasteiger partial charge is 0.312 e. The Morgan fingerprint density at radius 2 is 1.69 bits per heavy atom. The van der Waals surface area contributed by atoms with E-state index in [1.807, 2.05) is 11.8 Å². The highest BCUT2D eigenvalue weighted by Crippen LogP contribution is 2.05. The lowest BCUT2D eigenvalue weighted by Gasteiger charge is -2.19. The van der Waals surface area contributed by atoms with Gasteiger partial charge in [-0.3, -0.25) is 0 Å². The Morgan fingerprint density at radius 3 is 2.23 bits per heavy atom. The lowest BCUT2D eigenvalue weighted by Crippen LogP contribution is -2.34. The molecule has 13 heavy (non-hydrogen) atoms. The second-order valence-corrected chi connectivity index (χ2v) is 5.14.